The van der Waals surface area contributed by atoms with Crippen LogP contribution in [0.1, 0.15) is 57.4 Å². The van der Waals surface area contributed by atoms with Gasteiger partial charge in [-0.25, -0.2) is 4.98 Å². The van der Waals surface area contributed by atoms with E-state index in [2.05, 4.69) is 4.98 Å². The van der Waals surface area contributed by atoms with Gasteiger partial charge in [0.15, 0.2) is 23.0 Å². The van der Waals surface area contributed by atoms with Crippen molar-refractivity contribution in [1.82, 2.24) is 4.98 Å². The summed E-state index contributed by atoms with van der Waals surface area (Å²) in [5.41, 5.74) is -0.111. The fraction of sp³-hybridized carbons (Fsp3) is 0.667. The number of aromatic hydroxyl groups is 1. The number of Topliss-reactive ketones (excluding diaryl/α,β-unsaturated/α-hetero) is 1. The maximum absolute atomic E-state index is 12.5. The summed E-state index contributed by atoms with van der Waals surface area (Å²) in [6.45, 7) is 8.21. The molecular formula is C21H31NO6. The number of carbonyl (C=O) groups excluding carboxylic acids is 2. The Morgan fingerprint density at radius 2 is 1.93 bits per heavy atom. The van der Waals surface area contributed by atoms with Crippen molar-refractivity contribution in [2.75, 3.05) is 13.7 Å². The summed E-state index contributed by atoms with van der Waals surface area (Å²) in [4.78, 5) is 28.8. The van der Waals surface area contributed by atoms with Gasteiger partial charge >= 0.3 is 5.97 Å². The lowest BCUT2D eigenvalue weighted by atomic mass is 10.0. The average molecular weight is 393 g/mol. The minimum absolute atomic E-state index is 0.111. The first-order valence-electron chi connectivity index (χ1n) is 9.81. The molecule has 0 amide bonds. The first-order chi connectivity index (χ1) is 13.2. The molecule has 0 spiro atoms. The van der Waals surface area contributed by atoms with Gasteiger partial charge in [-0.1, -0.05) is 20.8 Å². The third kappa shape index (κ3) is 5.92. The zero-order valence-electron chi connectivity index (χ0n) is 17.3. The normalized spacial score (nSPS) is 17.1. The van der Waals surface area contributed by atoms with Crippen LogP contribution in [0.5, 0.6) is 11.5 Å². The molecule has 1 aliphatic rings. The molecule has 1 N–H and O–H groups in total. The molecule has 1 heterocycles. The van der Waals surface area contributed by atoms with Crippen LogP contribution in [-0.2, 0) is 14.3 Å². The molecular weight excluding hydrogens is 362 g/mol. The van der Waals surface area contributed by atoms with E-state index in [0.29, 0.717) is 12.5 Å². The molecule has 1 saturated carbocycles. The van der Waals surface area contributed by atoms with Crippen LogP contribution in [0.15, 0.2) is 12.3 Å². The van der Waals surface area contributed by atoms with E-state index in [1.165, 1.54) is 32.2 Å². The predicted molar refractivity (Wildman–Crippen MR) is 103 cm³/mol. The summed E-state index contributed by atoms with van der Waals surface area (Å²) < 4.78 is 16.5. The monoisotopic (exact) mass is 393 g/mol. The van der Waals surface area contributed by atoms with Crippen LogP contribution >= 0.6 is 0 Å². The number of hydrogen-bond donors (Lipinski definition) is 1. The van der Waals surface area contributed by atoms with Crippen LogP contribution in [0.3, 0.4) is 0 Å². The van der Waals surface area contributed by atoms with E-state index in [4.69, 9.17) is 14.2 Å². The summed E-state index contributed by atoms with van der Waals surface area (Å²) >= 11 is 0. The molecule has 0 radical (unpaired) electrons. The molecule has 156 valence electrons. The van der Waals surface area contributed by atoms with E-state index in [0.717, 1.165) is 0 Å². The van der Waals surface area contributed by atoms with Gasteiger partial charge in [-0.15, -0.1) is 0 Å². The van der Waals surface area contributed by atoms with Crippen molar-refractivity contribution in [2.45, 2.75) is 59.2 Å². The second-order valence-electron chi connectivity index (χ2n) is 7.87. The highest BCUT2D eigenvalue weighted by atomic mass is 16.6. The fourth-order valence-corrected chi connectivity index (χ4v) is 3.03. The fourth-order valence-electron chi connectivity index (χ4n) is 3.03. The van der Waals surface area contributed by atoms with Gasteiger partial charge in [0, 0.05) is 25.3 Å². The number of ketones is 1. The van der Waals surface area contributed by atoms with Gasteiger partial charge in [-0.2, -0.15) is 0 Å². The highest BCUT2D eigenvalue weighted by Gasteiger charge is 2.31. The van der Waals surface area contributed by atoms with Gasteiger partial charge in [-0.05, 0) is 31.6 Å². The van der Waals surface area contributed by atoms with Crippen LogP contribution < -0.4 is 4.74 Å². The number of ether oxygens (including phenoxy) is 3. The number of nitrogens with zero attached hydrogens (tertiary/aromatic N) is 1. The number of hydrogen-bond acceptors (Lipinski definition) is 7. The van der Waals surface area contributed by atoms with Crippen LogP contribution in [-0.4, -0.2) is 47.8 Å². The molecule has 0 unspecified atom stereocenters. The van der Waals surface area contributed by atoms with Gasteiger partial charge in [0.2, 0.25) is 0 Å². The Hall–Kier alpha value is -2.15. The summed E-state index contributed by atoms with van der Waals surface area (Å²) in [5.74, 6) is -0.909. The van der Waals surface area contributed by atoms with Gasteiger partial charge in [0.25, 0.3) is 0 Å². The Morgan fingerprint density at radius 1 is 1.25 bits per heavy atom. The lowest BCUT2D eigenvalue weighted by molar-refractivity contribution is -0.163. The molecule has 0 aliphatic heterocycles. The Bertz CT molecular complexity index is 685. The number of aromatic nitrogens is 1. The number of methoxy groups -OCH3 is 1. The minimum atomic E-state index is -0.668. The van der Waals surface area contributed by atoms with E-state index in [1.807, 2.05) is 20.8 Å². The third-order valence-corrected chi connectivity index (χ3v) is 4.91. The van der Waals surface area contributed by atoms with Crippen molar-refractivity contribution in [3.05, 3.63) is 18.0 Å². The Labute approximate surface area is 166 Å². The summed E-state index contributed by atoms with van der Waals surface area (Å²) in [6.07, 6.45) is 3.06. The van der Waals surface area contributed by atoms with Crippen molar-refractivity contribution in [3.8, 4) is 11.5 Å². The topological polar surface area (TPSA) is 95.0 Å². The molecule has 1 aromatic rings. The van der Waals surface area contributed by atoms with Crippen molar-refractivity contribution in [3.63, 3.8) is 0 Å². The predicted octanol–water partition coefficient (Wildman–Crippen LogP) is 3.39. The Morgan fingerprint density at radius 3 is 2.50 bits per heavy atom. The van der Waals surface area contributed by atoms with Gasteiger partial charge in [0.1, 0.15) is 6.10 Å². The lowest BCUT2D eigenvalue weighted by Crippen LogP contribution is -2.37. The molecule has 0 saturated heterocycles. The molecule has 1 fully saturated rings. The van der Waals surface area contributed by atoms with Gasteiger partial charge in [-0.3, -0.25) is 9.59 Å². The first kappa shape index (κ1) is 22.1. The van der Waals surface area contributed by atoms with Crippen LogP contribution in [0.25, 0.3) is 0 Å². The second-order valence-corrected chi connectivity index (χ2v) is 7.87. The Balaban J connectivity index is 1.92. The Kier molecular flexibility index (Phi) is 7.80. The van der Waals surface area contributed by atoms with E-state index >= 15 is 0 Å². The zero-order valence-corrected chi connectivity index (χ0v) is 17.3. The van der Waals surface area contributed by atoms with E-state index in [1.54, 1.807) is 6.92 Å². The first-order valence-corrected chi connectivity index (χ1v) is 9.81. The molecule has 1 aliphatic carbocycles. The number of esters is 1. The molecule has 7 heteroatoms. The standard InChI is InChI=1S/C21H31NO6/c1-12(2)20(27-11-15-6-7-15)14(4)28-21(25)13(3)10-16(23)18-19(24)17(26-5)8-9-22-18/h8-9,12-15,20,24H,6-7,10-11H2,1-5H3/t13-,14+,20-/m1/s1. The van der Waals surface area contributed by atoms with Crippen LogP contribution in [0.2, 0.25) is 0 Å². The van der Waals surface area contributed by atoms with Crippen LogP contribution in [0.4, 0.5) is 0 Å². The third-order valence-electron chi connectivity index (χ3n) is 4.91. The number of carbonyl (C=O) groups is 2. The summed E-state index contributed by atoms with van der Waals surface area (Å²) in [7, 11) is 1.39. The molecule has 1 aromatic heterocycles. The molecule has 0 bridgehead atoms. The maximum atomic E-state index is 12.5. The van der Waals surface area contributed by atoms with E-state index < -0.39 is 23.8 Å². The summed E-state index contributed by atoms with van der Waals surface area (Å²) in [5, 5.41) is 10.1. The van der Waals surface area contributed by atoms with E-state index in [9.17, 15) is 14.7 Å². The van der Waals surface area contributed by atoms with Crippen molar-refractivity contribution in [1.29, 1.82) is 0 Å². The quantitative estimate of drug-likeness (QED) is 0.455. The molecule has 7 nitrogen and oxygen atoms in total. The molecule has 2 rings (SSSR count). The SMILES string of the molecule is COc1ccnc(C(=O)C[C@@H](C)C(=O)O[C@@H](C)[C@H](OCC2CC2)C(C)C)c1O. The second kappa shape index (κ2) is 9.87. The number of pyridine rings is 1. The highest BCUT2D eigenvalue weighted by molar-refractivity contribution is 5.99. The minimum Gasteiger partial charge on any atom is -0.503 e. The molecule has 28 heavy (non-hydrogen) atoms. The van der Waals surface area contributed by atoms with Gasteiger partial charge in [0.05, 0.1) is 19.1 Å². The smallest absolute Gasteiger partial charge is 0.309 e. The van der Waals surface area contributed by atoms with Crippen molar-refractivity contribution < 1.29 is 28.9 Å². The number of rotatable bonds is 11. The van der Waals surface area contributed by atoms with Crippen molar-refractivity contribution in [2.24, 2.45) is 17.8 Å². The highest BCUT2D eigenvalue weighted by Crippen LogP contribution is 2.31. The van der Waals surface area contributed by atoms with E-state index in [-0.39, 0.29) is 35.6 Å². The zero-order chi connectivity index (χ0) is 20.8. The molecule has 3 atom stereocenters. The largest absolute Gasteiger partial charge is 0.503 e. The summed E-state index contributed by atoms with van der Waals surface area (Å²) in [6, 6.07) is 1.46. The lowest BCUT2D eigenvalue weighted by Gasteiger charge is -2.28. The van der Waals surface area contributed by atoms with Crippen molar-refractivity contribution >= 4 is 11.8 Å². The molecule has 0 aromatic carbocycles. The van der Waals surface area contributed by atoms with Crippen LogP contribution in [0, 0.1) is 17.8 Å². The average Bonchev–Trinajstić information content (AvgIpc) is 3.45. The maximum Gasteiger partial charge on any atom is 0.309 e. The van der Waals surface area contributed by atoms with Gasteiger partial charge < -0.3 is 19.3 Å².